The molecule has 0 aliphatic heterocycles. The largest absolute Gasteiger partial charge is 0.448 e. The van der Waals surface area contributed by atoms with E-state index in [-0.39, 0.29) is 11.4 Å². The molecule has 0 saturated carbocycles. The van der Waals surface area contributed by atoms with Gasteiger partial charge in [0.2, 0.25) is 0 Å². The van der Waals surface area contributed by atoms with E-state index in [1.54, 1.807) is 0 Å². The minimum Gasteiger partial charge on any atom is -0.448 e. The Hall–Kier alpha value is -1.75. The summed E-state index contributed by atoms with van der Waals surface area (Å²) in [5.74, 6) is -5.28. The van der Waals surface area contributed by atoms with E-state index in [0.717, 1.165) is 24.3 Å². The molecule has 0 saturated heterocycles. The summed E-state index contributed by atoms with van der Waals surface area (Å²) < 4.78 is 58.1. The van der Waals surface area contributed by atoms with Crippen LogP contribution in [-0.4, -0.2) is 0 Å². The van der Waals surface area contributed by atoms with Crippen molar-refractivity contribution < 1.29 is 22.3 Å². The first-order valence-corrected chi connectivity index (χ1v) is 5.71. The van der Waals surface area contributed by atoms with Gasteiger partial charge >= 0.3 is 0 Å². The lowest BCUT2D eigenvalue weighted by Gasteiger charge is -2.09. The number of rotatable bonds is 3. The zero-order valence-electron chi connectivity index (χ0n) is 9.39. The zero-order valence-corrected chi connectivity index (χ0v) is 10.1. The van der Waals surface area contributed by atoms with Crippen LogP contribution in [0.1, 0.15) is 5.56 Å². The first-order chi connectivity index (χ1) is 9.01. The van der Waals surface area contributed by atoms with Crippen molar-refractivity contribution >= 4 is 11.6 Å². The van der Waals surface area contributed by atoms with Gasteiger partial charge in [-0.15, -0.1) is 11.6 Å². The summed E-state index contributed by atoms with van der Waals surface area (Å²) in [6, 6.07) is 4.29. The molecule has 2 rings (SSSR count). The lowest BCUT2D eigenvalue weighted by Crippen LogP contribution is -1.97. The van der Waals surface area contributed by atoms with Gasteiger partial charge in [0.1, 0.15) is 5.82 Å². The van der Waals surface area contributed by atoms with Gasteiger partial charge in [-0.2, -0.15) is 0 Å². The summed E-state index contributed by atoms with van der Waals surface area (Å²) in [5.41, 5.74) is 0.212. The summed E-state index contributed by atoms with van der Waals surface area (Å²) >= 11 is 5.45. The Bertz CT molecular complexity index is 593. The summed E-state index contributed by atoms with van der Waals surface area (Å²) in [5, 5.41) is 0. The molecule has 0 spiro atoms. The minimum absolute atomic E-state index is 0.0809. The topological polar surface area (TPSA) is 9.23 Å². The van der Waals surface area contributed by atoms with Gasteiger partial charge in [0.25, 0.3) is 0 Å². The summed E-state index contributed by atoms with van der Waals surface area (Å²) in [4.78, 5) is 0. The third-order valence-electron chi connectivity index (χ3n) is 2.32. The molecule has 2 aromatic rings. The van der Waals surface area contributed by atoms with E-state index in [4.69, 9.17) is 16.3 Å². The highest BCUT2D eigenvalue weighted by atomic mass is 35.5. The molecule has 0 aliphatic rings. The highest BCUT2D eigenvalue weighted by Gasteiger charge is 2.16. The van der Waals surface area contributed by atoms with Crippen molar-refractivity contribution in [3.8, 4) is 11.5 Å². The highest BCUT2D eigenvalue weighted by molar-refractivity contribution is 6.17. The SMILES string of the molecule is Fc1ccc(F)c(Oc2c(F)cc(CCl)cc2F)c1. The Labute approximate surface area is 111 Å². The van der Waals surface area contributed by atoms with Gasteiger partial charge in [-0.3, -0.25) is 0 Å². The Balaban J connectivity index is 2.41. The second-order valence-electron chi connectivity index (χ2n) is 3.70. The van der Waals surface area contributed by atoms with Crippen LogP contribution in [-0.2, 0) is 5.88 Å². The van der Waals surface area contributed by atoms with Gasteiger partial charge in [0, 0.05) is 11.9 Å². The maximum Gasteiger partial charge on any atom is 0.198 e. The smallest absolute Gasteiger partial charge is 0.198 e. The molecule has 0 radical (unpaired) electrons. The van der Waals surface area contributed by atoms with Crippen LogP contribution in [0.4, 0.5) is 17.6 Å². The third-order valence-corrected chi connectivity index (χ3v) is 2.63. The fourth-order valence-electron chi connectivity index (χ4n) is 1.45. The van der Waals surface area contributed by atoms with Crippen molar-refractivity contribution in [3.63, 3.8) is 0 Å². The number of alkyl halides is 1. The number of benzene rings is 2. The quantitative estimate of drug-likeness (QED) is 0.584. The van der Waals surface area contributed by atoms with Gasteiger partial charge in [-0.1, -0.05) is 0 Å². The van der Waals surface area contributed by atoms with Crippen LogP contribution in [0.15, 0.2) is 30.3 Å². The lowest BCUT2D eigenvalue weighted by atomic mass is 10.2. The van der Waals surface area contributed by atoms with Crippen molar-refractivity contribution in [2.45, 2.75) is 5.88 Å². The second kappa shape index (κ2) is 5.48. The molecule has 1 nitrogen and oxygen atoms in total. The molecular formula is C13H7ClF4O. The monoisotopic (exact) mass is 290 g/mol. The van der Waals surface area contributed by atoms with Gasteiger partial charge in [-0.05, 0) is 29.8 Å². The molecule has 6 heteroatoms. The minimum atomic E-state index is -1.04. The molecule has 0 unspecified atom stereocenters. The van der Waals surface area contributed by atoms with E-state index >= 15 is 0 Å². The molecule has 0 aromatic heterocycles. The molecule has 0 fully saturated rings. The fraction of sp³-hybridized carbons (Fsp3) is 0.0769. The van der Waals surface area contributed by atoms with Gasteiger partial charge in [0.15, 0.2) is 29.0 Å². The number of ether oxygens (including phenoxy) is 1. The molecule has 100 valence electrons. The molecule has 0 heterocycles. The number of halogens is 5. The Kier molecular flexibility index (Phi) is 3.95. The van der Waals surface area contributed by atoms with Crippen LogP contribution in [0.3, 0.4) is 0 Å². The van der Waals surface area contributed by atoms with Crippen LogP contribution in [0, 0.1) is 23.3 Å². The van der Waals surface area contributed by atoms with E-state index in [2.05, 4.69) is 0 Å². The van der Waals surface area contributed by atoms with Crippen LogP contribution < -0.4 is 4.74 Å². The van der Waals surface area contributed by atoms with Crippen LogP contribution in [0.5, 0.6) is 11.5 Å². The maximum atomic E-state index is 13.6. The van der Waals surface area contributed by atoms with Crippen LogP contribution in [0.25, 0.3) is 0 Å². The van der Waals surface area contributed by atoms with Crippen LogP contribution >= 0.6 is 11.6 Å². The normalized spacial score (nSPS) is 10.6. The molecular weight excluding hydrogens is 284 g/mol. The molecule has 0 atom stereocenters. The molecule has 0 amide bonds. The van der Waals surface area contributed by atoms with Gasteiger partial charge in [0.05, 0.1) is 0 Å². The average molecular weight is 291 g/mol. The van der Waals surface area contributed by atoms with Crippen molar-refractivity contribution in [1.29, 1.82) is 0 Å². The molecule has 2 aromatic carbocycles. The van der Waals surface area contributed by atoms with Crippen molar-refractivity contribution in [2.75, 3.05) is 0 Å². The summed E-state index contributed by atoms with van der Waals surface area (Å²) in [6.07, 6.45) is 0. The highest BCUT2D eigenvalue weighted by Crippen LogP contribution is 2.30. The summed E-state index contributed by atoms with van der Waals surface area (Å²) in [6.45, 7) is 0. The predicted octanol–water partition coefficient (Wildman–Crippen LogP) is 4.77. The first kappa shape index (κ1) is 13.7. The average Bonchev–Trinajstić information content (AvgIpc) is 2.37. The zero-order chi connectivity index (χ0) is 14.0. The first-order valence-electron chi connectivity index (χ1n) is 5.18. The molecule has 0 bridgehead atoms. The Morgan fingerprint density at radius 2 is 1.53 bits per heavy atom. The van der Waals surface area contributed by atoms with Crippen molar-refractivity contribution in [1.82, 2.24) is 0 Å². The summed E-state index contributed by atoms with van der Waals surface area (Å²) in [7, 11) is 0. The van der Waals surface area contributed by atoms with E-state index in [1.807, 2.05) is 0 Å². The second-order valence-corrected chi connectivity index (χ2v) is 3.97. The molecule has 0 aliphatic carbocycles. The van der Waals surface area contributed by atoms with E-state index in [9.17, 15) is 17.6 Å². The van der Waals surface area contributed by atoms with Crippen LogP contribution in [0.2, 0.25) is 0 Å². The maximum absolute atomic E-state index is 13.6. The van der Waals surface area contributed by atoms with E-state index in [0.29, 0.717) is 6.07 Å². The van der Waals surface area contributed by atoms with E-state index < -0.39 is 34.8 Å². The van der Waals surface area contributed by atoms with Gasteiger partial charge < -0.3 is 4.74 Å². The predicted molar refractivity (Wildman–Crippen MR) is 62.3 cm³/mol. The number of hydrogen-bond donors (Lipinski definition) is 0. The van der Waals surface area contributed by atoms with E-state index in [1.165, 1.54) is 0 Å². The van der Waals surface area contributed by atoms with Gasteiger partial charge in [-0.25, -0.2) is 17.6 Å². The Morgan fingerprint density at radius 3 is 2.11 bits per heavy atom. The Morgan fingerprint density at radius 1 is 0.895 bits per heavy atom. The fourth-order valence-corrected chi connectivity index (χ4v) is 1.61. The standard InChI is InChI=1S/C13H7ClF4O/c14-6-7-3-10(17)13(11(18)4-7)19-12-5-8(15)1-2-9(12)16/h1-5H,6H2. The molecule has 19 heavy (non-hydrogen) atoms. The third kappa shape index (κ3) is 2.98. The lowest BCUT2D eigenvalue weighted by molar-refractivity contribution is 0.384. The number of hydrogen-bond acceptors (Lipinski definition) is 1. The van der Waals surface area contributed by atoms with Crippen molar-refractivity contribution in [2.24, 2.45) is 0 Å². The molecule has 0 N–H and O–H groups in total. The van der Waals surface area contributed by atoms with Crippen molar-refractivity contribution in [3.05, 3.63) is 59.2 Å².